The van der Waals surface area contributed by atoms with Crippen LogP contribution in [0.5, 0.6) is 5.75 Å². The minimum atomic E-state index is -4.70. The number of carboxylic acids is 1. The highest BCUT2D eigenvalue weighted by Gasteiger charge is 2.15. The number of hydrogen-bond acceptors (Lipinski definition) is 4. The predicted octanol–water partition coefficient (Wildman–Crippen LogP) is 1.58. The molecule has 1 aromatic heterocycles. The standard InChI is InChI=1S/C7H6O6S.C4H5N/c8-7(9)5-3-1-2-4-6(5)13-14(10,11)12;1-2-4-5-3-1/h1-4H,(H,8,9)(H,10,11,12);1-5H. The first-order valence-corrected chi connectivity index (χ1v) is 6.33. The van der Waals surface area contributed by atoms with Crippen LogP contribution in [0.3, 0.4) is 0 Å². The minimum Gasteiger partial charge on any atom is -0.478 e. The topological polar surface area (TPSA) is 117 Å². The molecular weight excluding hydrogens is 274 g/mol. The third-order valence-electron chi connectivity index (χ3n) is 1.81. The minimum absolute atomic E-state index is 0.342. The van der Waals surface area contributed by atoms with Crippen LogP contribution in [0.4, 0.5) is 0 Å². The lowest BCUT2D eigenvalue weighted by molar-refractivity contribution is 0.0695. The number of carbonyl (C=O) groups is 1. The Morgan fingerprint density at radius 2 is 1.68 bits per heavy atom. The van der Waals surface area contributed by atoms with E-state index in [2.05, 4.69) is 9.17 Å². The van der Waals surface area contributed by atoms with Crippen LogP contribution in [0.15, 0.2) is 48.8 Å². The maximum absolute atomic E-state index is 10.6. The van der Waals surface area contributed by atoms with Crippen molar-refractivity contribution in [3.63, 3.8) is 0 Å². The molecule has 0 atom stereocenters. The van der Waals surface area contributed by atoms with Gasteiger partial charge in [-0.15, -0.1) is 0 Å². The Balaban J connectivity index is 0.000000300. The Labute approximate surface area is 109 Å². The van der Waals surface area contributed by atoms with Gasteiger partial charge >= 0.3 is 16.4 Å². The van der Waals surface area contributed by atoms with Crippen molar-refractivity contribution < 1.29 is 27.1 Å². The first-order chi connectivity index (χ1) is 8.90. The van der Waals surface area contributed by atoms with Crippen molar-refractivity contribution in [1.29, 1.82) is 0 Å². The Bertz CT molecular complexity index is 603. The number of benzene rings is 1. The average molecular weight is 285 g/mol. The SMILES string of the molecule is O=C(O)c1ccccc1OS(=O)(=O)O.c1cc[nH]c1. The molecule has 2 rings (SSSR count). The highest BCUT2D eigenvalue weighted by atomic mass is 32.3. The summed E-state index contributed by atoms with van der Waals surface area (Å²) >= 11 is 0. The lowest BCUT2D eigenvalue weighted by Gasteiger charge is -2.03. The van der Waals surface area contributed by atoms with Crippen LogP contribution in [0.25, 0.3) is 0 Å². The highest BCUT2D eigenvalue weighted by molar-refractivity contribution is 7.81. The molecule has 2 aromatic rings. The summed E-state index contributed by atoms with van der Waals surface area (Å²) in [4.78, 5) is 13.4. The van der Waals surface area contributed by atoms with Crippen molar-refractivity contribution >= 4 is 16.4 Å². The fraction of sp³-hybridized carbons (Fsp3) is 0. The van der Waals surface area contributed by atoms with Crippen LogP contribution >= 0.6 is 0 Å². The van der Waals surface area contributed by atoms with Gasteiger partial charge in [0.25, 0.3) is 0 Å². The summed E-state index contributed by atoms with van der Waals surface area (Å²) in [7, 11) is -4.70. The molecule has 3 N–H and O–H groups in total. The number of aromatic carboxylic acids is 1. The molecule has 1 heterocycles. The number of carboxylic acid groups (broad SMARTS) is 1. The summed E-state index contributed by atoms with van der Waals surface area (Å²) in [5.74, 6) is -1.77. The summed E-state index contributed by atoms with van der Waals surface area (Å²) in [6.07, 6.45) is 3.75. The van der Waals surface area contributed by atoms with Crippen molar-refractivity contribution in [3.05, 3.63) is 54.4 Å². The van der Waals surface area contributed by atoms with Gasteiger partial charge in [-0.2, -0.15) is 8.42 Å². The van der Waals surface area contributed by atoms with Gasteiger partial charge in [0.1, 0.15) is 5.56 Å². The van der Waals surface area contributed by atoms with Crippen LogP contribution in [-0.4, -0.2) is 29.0 Å². The highest BCUT2D eigenvalue weighted by Crippen LogP contribution is 2.18. The van der Waals surface area contributed by atoms with E-state index in [1.807, 2.05) is 24.5 Å². The van der Waals surface area contributed by atoms with Gasteiger partial charge in [0.05, 0.1) is 0 Å². The molecule has 1 aromatic carbocycles. The summed E-state index contributed by atoms with van der Waals surface area (Å²) in [6.45, 7) is 0. The van der Waals surface area contributed by atoms with Crippen LogP contribution in [0.2, 0.25) is 0 Å². The van der Waals surface area contributed by atoms with Gasteiger partial charge < -0.3 is 14.3 Å². The average Bonchev–Trinajstić information content (AvgIpc) is 2.85. The molecule has 0 aliphatic rings. The predicted molar refractivity (Wildman–Crippen MR) is 66.4 cm³/mol. The van der Waals surface area contributed by atoms with E-state index < -0.39 is 22.1 Å². The summed E-state index contributed by atoms with van der Waals surface area (Å²) in [5, 5.41) is 8.61. The third kappa shape index (κ3) is 5.70. The zero-order chi connectivity index (χ0) is 14.3. The number of hydrogen-bond donors (Lipinski definition) is 3. The second kappa shape index (κ2) is 6.57. The number of rotatable bonds is 3. The van der Waals surface area contributed by atoms with E-state index in [1.165, 1.54) is 12.1 Å². The van der Waals surface area contributed by atoms with Crippen molar-refractivity contribution in [1.82, 2.24) is 4.98 Å². The lowest BCUT2D eigenvalue weighted by atomic mass is 10.2. The molecule has 0 bridgehead atoms. The summed E-state index contributed by atoms with van der Waals surface area (Å²) < 4.78 is 33.0. The normalized spacial score (nSPS) is 10.2. The first-order valence-electron chi connectivity index (χ1n) is 4.97. The van der Waals surface area contributed by atoms with Crippen molar-refractivity contribution in [2.75, 3.05) is 0 Å². The molecule has 19 heavy (non-hydrogen) atoms. The quantitative estimate of drug-likeness (QED) is 0.737. The molecule has 7 nitrogen and oxygen atoms in total. The molecule has 0 fully saturated rings. The molecule has 0 aliphatic heterocycles. The summed E-state index contributed by atoms with van der Waals surface area (Å²) in [6, 6.07) is 8.95. The van der Waals surface area contributed by atoms with Crippen molar-refractivity contribution in [2.45, 2.75) is 0 Å². The van der Waals surface area contributed by atoms with E-state index in [9.17, 15) is 13.2 Å². The third-order valence-corrected chi connectivity index (χ3v) is 2.20. The lowest BCUT2D eigenvalue weighted by Crippen LogP contribution is -2.10. The second-order valence-electron chi connectivity index (χ2n) is 3.20. The van der Waals surface area contributed by atoms with Gasteiger partial charge in [-0.3, -0.25) is 4.55 Å². The number of aromatic amines is 1. The number of aromatic nitrogens is 1. The second-order valence-corrected chi connectivity index (χ2v) is 4.22. The molecule has 0 radical (unpaired) electrons. The zero-order valence-electron chi connectivity index (χ0n) is 9.55. The molecule has 0 aliphatic carbocycles. The Hall–Kier alpha value is -2.32. The Morgan fingerprint density at radius 3 is 2.11 bits per heavy atom. The first kappa shape index (κ1) is 14.7. The fourth-order valence-electron chi connectivity index (χ4n) is 1.11. The van der Waals surface area contributed by atoms with Gasteiger partial charge in [0.15, 0.2) is 5.75 Å². The smallest absolute Gasteiger partial charge is 0.446 e. The van der Waals surface area contributed by atoms with E-state index in [0.717, 1.165) is 12.1 Å². The molecule has 0 amide bonds. The maximum Gasteiger partial charge on any atom is 0.446 e. The van der Waals surface area contributed by atoms with Gasteiger partial charge in [-0.05, 0) is 24.3 Å². The molecule has 0 saturated heterocycles. The van der Waals surface area contributed by atoms with E-state index in [-0.39, 0.29) is 5.56 Å². The molecule has 0 spiro atoms. The van der Waals surface area contributed by atoms with E-state index in [0.29, 0.717) is 0 Å². The van der Waals surface area contributed by atoms with E-state index >= 15 is 0 Å². The number of para-hydroxylation sites is 1. The van der Waals surface area contributed by atoms with Gasteiger partial charge in [-0.25, -0.2) is 4.79 Å². The molecular formula is C11H11NO6S. The van der Waals surface area contributed by atoms with Crippen LogP contribution < -0.4 is 4.18 Å². The van der Waals surface area contributed by atoms with Crippen molar-refractivity contribution in [3.8, 4) is 5.75 Å². The number of nitrogens with one attached hydrogen (secondary N) is 1. The van der Waals surface area contributed by atoms with Gasteiger partial charge in [0, 0.05) is 12.4 Å². The van der Waals surface area contributed by atoms with Crippen molar-refractivity contribution in [2.24, 2.45) is 0 Å². The van der Waals surface area contributed by atoms with Crippen LogP contribution in [-0.2, 0) is 10.4 Å². The fourth-order valence-corrected chi connectivity index (χ4v) is 1.48. The monoisotopic (exact) mass is 285 g/mol. The molecule has 8 heteroatoms. The molecule has 0 unspecified atom stereocenters. The van der Waals surface area contributed by atoms with Crippen LogP contribution in [0.1, 0.15) is 10.4 Å². The molecule has 102 valence electrons. The maximum atomic E-state index is 10.6. The van der Waals surface area contributed by atoms with Crippen LogP contribution in [0, 0.1) is 0 Å². The summed E-state index contributed by atoms with van der Waals surface area (Å²) in [5.41, 5.74) is -0.342. The largest absolute Gasteiger partial charge is 0.478 e. The zero-order valence-corrected chi connectivity index (χ0v) is 10.4. The Morgan fingerprint density at radius 1 is 1.11 bits per heavy atom. The van der Waals surface area contributed by atoms with Gasteiger partial charge in [-0.1, -0.05) is 12.1 Å². The number of H-pyrrole nitrogens is 1. The van der Waals surface area contributed by atoms with E-state index in [1.54, 1.807) is 0 Å². The molecule has 0 saturated carbocycles. The van der Waals surface area contributed by atoms with Gasteiger partial charge in [0.2, 0.25) is 0 Å². The Kier molecular flexibility index (Phi) is 5.10. The van der Waals surface area contributed by atoms with E-state index in [4.69, 9.17) is 9.66 Å².